The number of rotatable bonds is 4. The van der Waals surface area contributed by atoms with Crippen LogP contribution in [0.5, 0.6) is 0 Å². The average Bonchev–Trinajstić information content (AvgIpc) is 2.11. The zero-order valence-electron chi connectivity index (χ0n) is 8.40. The topological polar surface area (TPSA) is 9.23 Å². The molecule has 0 radical (unpaired) electrons. The third-order valence-electron chi connectivity index (χ3n) is 1.77. The van der Waals surface area contributed by atoms with Crippen LogP contribution in [0.4, 0.5) is 57.1 Å². The molecule has 0 aliphatic rings. The van der Waals surface area contributed by atoms with E-state index in [9.17, 15) is 57.1 Å². The fraction of sp³-hybridized carbons (Fsp3) is 1.00. The molecule has 0 heterocycles. The molecule has 1 nitrogen and oxygen atoms in total. The first kappa shape index (κ1) is 19.1. The van der Waals surface area contributed by atoms with Gasteiger partial charge in [0.25, 0.3) is 0 Å². The van der Waals surface area contributed by atoms with Gasteiger partial charge in [0.2, 0.25) is 0 Å². The summed E-state index contributed by atoms with van der Waals surface area (Å²) in [5.41, 5.74) is 0. The molecule has 0 N–H and O–H groups in total. The summed E-state index contributed by atoms with van der Waals surface area (Å²) in [5, 5.41) is 0. The summed E-state index contributed by atoms with van der Waals surface area (Å²) in [7, 11) is 0. The van der Waals surface area contributed by atoms with Crippen LogP contribution in [0.2, 0.25) is 0 Å². The van der Waals surface area contributed by atoms with Gasteiger partial charge in [0.05, 0.1) is 0 Å². The lowest BCUT2D eigenvalue weighted by molar-refractivity contribution is -0.484. The molecule has 20 heavy (non-hydrogen) atoms. The van der Waals surface area contributed by atoms with Crippen LogP contribution in [0, 0.1) is 0 Å². The van der Waals surface area contributed by atoms with Crippen molar-refractivity contribution in [3.05, 3.63) is 0 Å². The standard InChI is InChI=1S/C6HF13O/c7-1(8)20-4(13,2(9,10)5(14,15)16)3(11,12)6(17,18)19/h1H. The summed E-state index contributed by atoms with van der Waals surface area (Å²) >= 11 is 0. The van der Waals surface area contributed by atoms with E-state index in [-0.39, 0.29) is 0 Å². The van der Waals surface area contributed by atoms with E-state index in [1.165, 1.54) is 0 Å². The second-order valence-corrected chi connectivity index (χ2v) is 3.12. The van der Waals surface area contributed by atoms with E-state index in [1.807, 2.05) is 0 Å². The second-order valence-electron chi connectivity index (χ2n) is 3.12. The summed E-state index contributed by atoms with van der Waals surface area (Å²) in [6.07, 6.45) is -14.7. The highest BCUT2D eigenvalue weighted by Crippen LogP contribution is 2.57. The van der Waals surface area contributed by atoms with E-state index < -0.39 is 36.7 Å². The third kappa shape index (κ3) is 2.74. The number of ether oxygens (including phenoxy) is 1. The predicted molar refractivity (Wildman–Crippen MR) is 32.9 cm³/mol. The summed E-state index contributed by atoms with van der Waals surface area (Å²) < 4.78 is 157. The van der Waals surface area contributed by atoms with Gasteiger partial charge in [-0.3, -0.25) is 4.74 Å². The molecule has 0 saturated heterocycles. The van der Waals surface area contributed by atoms with Crippen molar-refractivity contribution < 1.29 is 61.8 Å². The molecule has 0 aromatic heterocycles. The van der Waals surface area contributed by atoms with Crippen LogP contribution in [0.15, 0.2) is 0 Å². The van der Waals surface area contributed by atoms with E-state index in [4.69, 9.17) is 0 Å². The Balaban J connectivity index is 6.16. The van der Waals surface area contributed by atoms with Gasteiger partial charge in [-0.05, 0) is 0 Å². The Morgan fingerprint density at radius 2 is 0.800 bits per heavy atom. The van der Waals surface area contributed by atoms with E-state index >= 15 is 0 Å². The second kappa shape index (κ2) is 4.80. The van der Waals surface area contributed by atoms with Crippen LogP contribution < -0.4 is 0 Å². The van der Waals surface area contributed by atoms with Gasteiger partial charge in [0.15, 0.2) is 0 Å². The van der Waals surface area contributed by atoms with Gasteiger partial charge in [-0.15, -0.1) is 0 Å². The third-order valence-corrected chi connectivity index (χ3v) is 1.77. The Bertz CT molecular complexity index is 312. The Kier molecular flexibility index (Phi) is 4.58. The van der Waals surface area contributed by atoms with E-state index in [0.29, 0.717) is 0 Å². The molecule has 122 valence electrons. The van der Waals surface area contributed by atoms with Gasteiger partial charge in [-0.25, -0.2) is 0 Å². The molecular formula is C6HF13O. The lowest BCUT2D eigenvalue weighted by Gasteiger charge is -2.38. The van der Waals surface area contributed by atoms with Crippen molar-refractivity contribution >= 4 is 0 Å². The van der Waals surface area contributed by atoms with E-state index in [0.717, 1.165) is 0 Å². The van der Waals surface area contributed by atoms with Gasteiger partial charge in [0.1, 0.15) is 0 Å². The van der Waals surface area contributed by atoms with Gasteiger partial charge in [-0.1, -0.05) is 0 Å². The molecule has 0 unspecified atom stereocenters. The molecule has 0 spiro atoms. The molecule has 0 aliphatic carbocycles. The number of hydrogen-bond acceptors (Lipinski definition) is 1. The Morgan fingerprint density at radius 3 is 0.950 bits per heavy atom. The molecule has 0 aliphatic heterocycles. The maximum atomic E-state index is 12.9. The quantitative estimate of drug-likeness (QED) is 0.696. The number of halogens is 13. The Labute approximate surface area is 99.8 Å². The molecule has 0 amide bonds. The molecule has 0 atom stereocenters. The van der Waals surface area contributed by atoms with Crippen LogP contribution in [-0.4, -0.2) is 36.7 Å². The minimum Gasteiger partial charge on any atom is -0.274 e. The fourth-order valence-electron chi connectivity index (χ4n) is 0.833. The predicted octanol–water partition coefficient (Wildman–Crippen LogP) is 4.29. The van der Waals surface area contributed by atoms with Crippen molar-refractivity contribution in [3.63, 3.8) is 0 Å². The van der Waals surface area contributed by atoms with Gasteiger partial charge < -0.3 is 0 Å². The summed E-state index contributed by atoms with van der Waals surface area (Å²) in [6.45, 7) is -5.11. The van der Waals surface area contributed by atoms with Gasteiger partial charge in [0, 0.05) is 0 Å². The van der Waals surface area contributed by atoms with Crippen molar-refractivity contribution in [2.24, 2.45) is 0 Å². The minimum absolute atomic E-state index is 1.68. The highest BCUT2D eigenvalue weighted by molar-refractivity contribution is 5.04. The molecule has 0 aromatic rings. The van der Waals surface area contributed by atoms with Crippen LogP contribution in [0.3, 0.4) is 0 Å². The monoisotopic (exact) mass is 336 g/mol. The average molecular weight is 336 g/mol. The van der Waals surface area contributed by atoms with Crippen molar-refractivity contribution in [3.8, 4) is 0 Å². The van der Waals surface area contributed by atoms with Crippen molar-refractivity contribution in [2.75, 3.05) is 0 Å². The van der Waals surface area contributed by atoms with Gasteiger partial charge >= 0.3 is 36.7 Å². The maximum Gasteiger partial charge on any atom is 0.459 e. The highest BCUT2D eigenvalue weighted by Gasteiger charge is 2.88. The normalized spacial score (nSPS) is 15.9. The van der Waals surface area contributed by atoms with Crippen LogP contribution in [0.1, 0.15) is 0 Å². The summed E-state index contributed by atoms with van der Waals surface area (Å²) in [6, 6.07) is 0. The SMILES string of the molecule is FC(F)OC(F)(C(F)(F)C(F)(F)F)C(F)(F)C(F)(F)F. The highest BCUT2D eigenvalue weighted by atomic mass is 19.4. The zero-order valence-corrected chi connectivity index (χ0v) is 8.40. The number of alkyl halides is 13. The summed E-state index contributed by atoms with van der Waals surface area (Å²) in [4.78, 5) is 0. The first-order valence-corrected chi connectivity index (χ1v) is 3.96. The molecule has 14 heteroatoms. The molecule has 0 fully saturated rings. The first-order valence-electron chi connectivity index (χ1n) is 3.96. The fourth-order valence-corrected chi connectivity index (χ4v) is 0.833. The lowest BCUT2D eigenvalue weighted by atomic mass is 10.0. The smallest absolute Gasteiger partial charge is 0.274 e. The Hall–Kier alpha value is -0.950. The molecule has 0 aromatic carbocycles. The maximum absolute atomic E-state index is 12.9. The summed E-state index contributed by atoms with van der Waals surface area (Å²) in [5.74, 6) is -22.5. The van der Waals surface area contributed by atoms with Crippen LogP contribution in [0.25, 0.3) is 0 Å². The molecular weight excluding hydrogens is 335 g/mol. The zero-order chi connectivity index (χ0) is 16.8. The van der Waals surface area contributed by atoms with Crippen molar-refractivity contribution in [2.45, 2.75) is 36.7 Å². The van der Waals surface area contributed by atoms with Crippen LogP contribution in [-0.2, 0) is 4.74 Å². The molecule has 0 bridgehead atoms. The van der Waals surface area contributed by atoms with E-state index in [2.05, 4.69) is 0 Å². The number of hydrogen-bond donors (Lipinski definition) is 0. The first-order chi connectivity index (χ1) is 8.42. The molecule has 0 rings (SSSR count). The minimum atomic E-state index is -7.57. The largest absolute Gasteiger partial charge is 0.459 e. The van der Waals surface area contributed by atoms with Crippen molar-refractivity contribution in [1.29, 1.82) is 0 Å². The molecule has 0 saturated carbocycles. The van der Waals surface area contributed by atoms with Crippen LogP contribution >= 0.6 is 0 Å². The van der Waals surface area contributed by atoms with E-state index in [1.54, 1.807) is 4.74 Å². The van der Waals surface area contributed by atoms with Gasteiger partial charge in [-0.2, -0.15) is 57.1 Å². The Morgan fingerprint density at radius 1 is 0.550 bits per heavy atom. The van der Waals surface area contributed by atoms with Crippen molar-refractivity contribution in [1.82, 2.24) is 0 Å². The lowest BCUT2D eigenvalue weighted by Crippen LogP contribution is -2.69.